The molecular formula is C22H28N2OS. The molecule has 1 atom stereocenters. The van der Waals surface area contributed by atoms with Crippen molar-refractivity contribution in [3.63, 3.8) is 0 Å². The highest BCUT2D eigenvalue weighted by molar-refractivity contribution is 7.99. The first-order valence-electron chi connectivity index (χ1n) is 9.49. The van der Waals surface area contributed by atoms with E-state index in [4.69, 9.17) is 0 Å². The van der Waals surface area contributed by atoms with Crippen LogP contribution in [0.3, 0.4) is 0 Å². The van der Waals surface area contributed by atoms with Gasteiger partial charge in [-0.1, -0.05) is 42.5 Å². The summed E-state index contributed by atoms with van der Waals surface area (Å²) in [4.78, 5) is 14.8. The van der Waals surface area contributed by atoms with Crippen LogP contribution in [0.25, 0.3) is 0 Å². The molecule has 0 bridgehead atoms. The summed E-state index contributed by atoms with van der Waals surface area (Å²) in [5, 5.41) is 3.01. The number of anilines is 1. The number of carbonyl (C=O) groups is 1. The number of nitrogens with one attached hydrogen (secondary N) is 1. The van der Waals surface area contributed by atoms with Crippen molar-refractivity contribution < 1.29 is 4.79 Å². The predicted octanol–water partition coefficient (Wildman–Crippen LogP) is 4.62. The second-order valence-electron chi connectivity index (χ2n) is 6.87. The van der Waals surface area contributed by atoms with E-state index in [0.717, 1.165) is 24.4 Å². The number of rotatable bonds is 7. The third kappa shape index (κ3) is 5.53. The summed E-state index contributed by atoms with van der Waals surface area (Å²) < 4.78 is 0. The molecule has 2 aromatic carbocycles. The fourth-order valence-corrected chi connectivity index (χ4v) is 4.05. The van der Waals surface area contributed by atoms with Gasteiger partial charge in [0.15, 0.2) is 0 Å². The highest BCUT2D eigenvalue weighted by Gasteiger charge is 2.14. The molecule has 0 saturated carbocycles. The van der Waals surface area contributed by atoms with E-state index in [-0.39, 0.29) is 11.2 Å². The summed E-state index contributed by atoms with van der Waals surface area (Å²) in [7, 11) is 0. The number of amides is 1. The molecule has 1 aliphatic heterocycles. The van der Waals surface area contributed by atoms with Crippen molar-refractivity contribution in [1.82, 2.24) is 5.32 Å². The van der Waals surface area contributed by atoms with Crippen LogP contribution in [0.2, 0.25) is 0 Å². The van der Waals surface area contributed by atoms with E-state index in [2.05, 4.69) is 46.6 Å². The maximum absolute atomic E-state index is 12.3. The van der Waals surface area contributed by atoms with Gasteiger partial charge in [-0.25, -0.2) is 0 Å². The summed E-state index contributed by atoms with van der Waals surface area (Å²) in [6.45, 7) is 4.89. The molecule has 26 heavy (non-hydrogen) atoms. The lowest BCUT2D eigenvalue weighted by Crippen LogP contribution is -2.31. The number of thioether (sulfide) groups is 1. The van der Waals surface area contributed by atoms with Crippen molar-refractivity contribution in [2.75, 3.05) is 18.0 Å². The Morgan fingerprint density at radius 2 is 1.69 bits per heavy atom. The minimum Gasteiger partial charge on any atom is -0.372 e. The molecule has 3 rings (SSSR count). The molecule has 1 fully saturated rings. The van der Waals surface area contributed by atoms with Crippen LogP contribution in [0, 0.1) is 0 Å². The third-order valence-electron chi connectivity index (χ3n) is 4.84. The fourth-order valence-electron chi connectivity index (χ4n) is 3.18. The molecule has 1 N–H and O–H groups in total. The van der Waals surface area contributed by atoms with E-state index < -0.39 is 0 Å². The Balaban J connectivity index is 1.43. The molecule has 138 valence electrons. The van der Waals surface area contributed by atoms with Crippen molar-refractivity contribution in [2.45, 2.75) is 43.7 Å². The molecule has 0 aromatic heterocycles. The highest BCUT2D eigenvalue weighted by atomic mass is 32.2. The zero-order chi connectivity index (χ0) is 18.2. The Morgan fingerprint density at radius 1 is 1.00 bits per heavy atom. The summed E-state index contributed by atoms with van der Waals surface area (Å²) >= 11 is 1.68. The Hall–Kier alpha value is -1.94. The minimum atomic E-state index is -0.0529. The first-order chi connectivity index (χ1) is 12.7. The van der Waals surface area contributed by atoms with Crippen LogP contribution < -0.4 is 10.2 Å². The SMILES string of the molecule is C[C@H](SCc1ccccc1)C(=O)NCc1ccc(N2CCCCC2)cc1. The summed E-state index contributed by atoms with van der Waals surface area (Å²) in [5.74, 6) is 0.964. The molecule has 0 aliphatic carbocycles. The molecule has 1 heterocycles. The van der Waals surface area contributed by atoms with Gasteiger partial charge in [-0.15, -0.1) is 11.8 Å². The maximum atomic E-state index is 12.3. The molecular weight excluding hydrogens is 340 g/mol. The number of carbonyl (C=O) groups excluding carboxylic acids is 1. The van der Waals surface area contributed by atoms with Crippen molar-refractivity contribution >= 4 is 23.4 Å². The second-order valence-corrected chi connectivity index (χ2v) is 8.20. The van der Waals surface area contributed by atoms with Gasteiger partial charge in [0.1, 0.15) is 0 Å². The largest absolute Gasteiger partial charge is 0.372 e. The zero-order valence-electron chi connectivity index (χ0n) is 15.5. The van der Waals surface area contributed by atoms with Gasteiger partial charge >= 0.3 is 0 Å². The number of nitrogens with zero attached hydrogens (tertiary/aromatic N) is 1. The normalized spacial score (nSPS) is 15.5. The van der Waals surface area contributed by atoms with Gasteiger partial charge in [0.2, 0.25) is 5.91 Å². The Morgan fingerprint density at radius 3 is 2.38 bits per heavy atom. The topological polar surface area (TPSA) is 32.3 Å². The number of hydrogen-bond acceptors (Lipinski definition) is 3. The Labute approximate surface area is 161 Å². The van der Waals surface area contributed by atoms with Crippen LogP contribution in [0.4, 0.5) is 5.69 Å². The standard InChI is InChI=1S/C22H28N2OS/c1-18(26-17-20-8-4-2-5-9-20)22(25)23-16-19-10-12-21(13-11-19)24-14-6-3-7-15-24/h2,4-5,8-13,18H,3,6-7,14-17H2,1H3,(H,23,25)/t18-/m0/s1. The molecule has 1 saturated heterocycles. The van der Waals surface area contributed by atoms with Gasteiger partial charge in [0.25, 0.3) is 0 Å². The average molecular weight is 369 g/mol. The lowest BCUT2D eigenvalue weighted by Gasteiger charge is -2.28. The number of piperidine rings is 1. The van der Waals surface area contributed by atoms with E-state index in [9.17, 15) is 4.79 Å². The van der Waals surface area contributed by atoms with E-state index in [0.29, 0.717) is 6.54 Å². The van der Waals surface area contributed by atoms with E-state index in [1.54, 1.807) is 11.8 Å². The van der Waals surface area contributed by atoms with E-state index >= 15 is 0 Å². The summed E-state index contributed by atoms with van der Waals surface area (Å²) in [6.07, 6.45) is 3.92. The molecule has 0 unspecified atom stereocenters. The zero-order valence-corrected chi connectivity index (χ0v) is 16.3. The smallest absolute Gasteiger partial charge is 0.233 e. The Bertz CT molecular complexity index is 681. The first-order valence-corrected chi connectivity index (χ1v) is 10.5. The third-order valence-corrected chi connectivity index (χ3v) is 6.05. The quantitative estimate of drug-likeness (QED) is 0.774. The van der Waals surface area contributed by atoms with Crippen molar-refractivity contribution in [3.05, 3.63) is 65.7 Å². The molecule has 4 heteroatoms. The van der Waals surface area contributed by atoms with E-state index in [1.165, 1.54) is 30.5 Å². The maximum Gasteiger partial charge on any atom is 0.233 e. The van der Waals surface area contributed by atoms with Gasteiger partial charge in [-0.2, -0.15) is 0 Å². The fraction of sp³-hybridized carbons (Fsp3) is 0.409. The number of hydrogen-bond donors (Lipinski definition) is 1. The summed E-state index contributed by atoms with van der Waals surface area (Å²) in [6, 6.07) is 18.9. The monoisotopic (exact) mass is 368 g/mol. The highest BCUT2D eigenvalue weighted by Crippen LogP contribution is 2.21. The predicted molar refractivity (Wildman–Crippen MR) is 112 cm³/mol. The molecule has 1 aliphatic rings. The second kappa shape index (κ2) is 9.67. The van der Waals surface area contributed by atoms with Crippen molar-refractivity contribution in [3.8, 4) is 0 Å². The minimum absolute atomic E-state index is 0.0529. The molecule has 0 spiro atoms. The van der Waals surface area contributed by atoms with E-state index in [1.807, 2.05) is 25.1 Å². The molecule has 2 aromatic rings. The summed E-state index contributed by atoms with van der Waals surface area (Å²) in [5.41, 5.74) is 3.70. The number of benzene rings is 2. The first kappa shape index (κ1) is 18.8. The van der Waals surface area contributed by atoms with Crippen LogP contribution in [0.5, 0.6) is 0 Å². The lowest BCUT2D eigenvalue weighted by atomic mass is 10.1. The van der Waals surface area contributed by atoms with Gasteiger partial charge in [0, 0.05) is 31.1 Å². The van der Waals surface area contributed by atoms with Gasteiger partial charge in [-0.3, -0.25) is 4.79 Å². The van der Waals surface area contributed by atoms with Gasteiger partial charge < -0.3 is 10.2 Å². The van der Waals surface area contributed by atoms with Crippen LogP contribution in [-0.4, -0.2) is 24.2 Å². The van der Waals surface area contributed by atoms with Crippen LogP contribution >= 0.6 is 11.8 Å². The van der Waals surface area contributed by atoms with Crippen molar-refractivity contribution in [1.29, 1.82) is 0 Å². The van der Waals surface area contributed by atoms with Crippen molar-refractivity contribution in [2.24, 2.45) is 0 Å². The van der Waals surface area contributed by atoms with Crippen LogP contribution in [0.15, 0.2) is 54.6 Å². The Kier molecular flexibility index (Phi) is 7.01. The average Bonchev–Trinajstić information content (AvgIpc) is 2.72. The lowest BCUT2D eigenvalue weighted by molar-refractivity contribution is -0.120. The van der Waals surface area contributed by atoms with Crippen LogP contribution in [0.1, 0.15) is 37.3 Å². The molecule has 3 nitrogen and oxygen atoms in total. The molecule has 1 amide bonds. The van der Waals surface area contributed by atoms with Gasteiger partial charge in [0.05, 0.1) is 5.25 Å². The molecule has 0 radical (unpaired) electrons. The van der Waals surface area contributed by atoms with Crippen LogP contribution in [-0.2, 0) is 17.1 Å². The van der Waals surface area contributed by atoms with Gasteiger partial charge in [-0.05, 0) is 49.4 Å².